The molecule has 12 heteroatoms. The summed E-state index contributed by atoms with van der Waals surface area (Å²) in [6.07, 6.45) is 4.36. The summed E-state index contributed by atoms with van der Waals surface area (Å²) in [6.45, 7) is 12.8. The summed E-state index contributed by atoms with van der Waals surface area (Å²) in [5, 5.41) is 32.8. The molecule has 2 rings (SSSR count). The molecular weight excluding hydrogens is 528 g/mol. The molecule has 0 amide bonds. The van der Waals surface area contributed by atoms with E-state index >= 15 is 0 Å². The van der Waals surface area contributed by atoms with Crippen molar-refractivity contribution in [2.45, 2.75) is 6.42 Å². The van der Waals surface area contributed by atoms with E-state index in [-0.39, 0.29) is 18.6 Å². The molecule has 0 aliphatic rings. The predicted octanol–water partition coefficient (Wildman–Crippen LogP) is 3.95. The van der Waals surface area contributed by atoms with Crippen LogP contribution in [-0.4, -0.2) is 62.8 Å². The van der Waals surface area contributed by atoms with E-state index in [1.165, 1.54) is 24.3 Å². The predicted molar refractivity (Wildman–Crippen MR) is 144 cm³/mol. The van der Waals surface area contributed by atoms with Crippen LogP contribution in [-0.2, 0) is 23.9 Å². The van der Waals surface area contributed by atoms with E-state index < -0.39 is 35.8 Å². The third kappa shape index (κ3) is 19.4. The van der Waals surface area contributed by atoms with Crippen molar-refractivity contribution in [3.8, 4) is 5.75 Å². The van der Waals surface area contributed by atoms with Crippen molar-refractivity contribution in [3.05, 3.63) is 110 Å². The Morgan fingerprint density at radius 2 is 1.07 bits per heavy atom. The van der Waals surface area contributed by atoms with Crippen molar-refractivity contribution in [2.24, 2.45) is 0 Å². The van der Waals surface area contributed by atoms with Crippen molar-refractivity contribution in [3.63, 3.8) is 0 Å². The standard InChI is InChI=1S/C10H8O4.C9H8O2.C6H8O4.C3H4O2/c1-2-9(11)14-8-5-3-7(4-6-8)10(12)13;1-2-7-3-5-8(6-4-7)9(10)11;1-2-6(9)10-4-3-5(7)8;1-2-3(4)5/h2-6H,1H2,(H,12,13);2-6H,1H2,(H,10,11);2H,1,3-4H2,(H,7,8);2H,1H2,(H,4,5). The second-order valence-electron chi connectivity index (χ2n) is 6.64. The molecule has 0 heterocycles. The highest BCUT2D eigenvalue weighted by molar-refractivity contribution is 5.88. The molecule has 0 unspecified atom stereocenters. The molecule has 40 heavy (non-hydrogen) atoms. The Bertz CT molecular complexity index is 1190. The highest BCUT2D eigenvalue weighted by Crippen LogP contribution is 2.12. The summed E-state index contributed by atoms with van der Waals surface area (Å²) >= 11 is 0. The van der Waals surface area contributed by atoms with Crippen LogP contribution in [0.15, 0.2) is 93.1 Å². The van der Waals surface area contributed by atoms with Crippen LogP contribution in [0.5, 0.6) is 5.75 Å². The molecule has 0 aromatic heterocycles. The number of benzene rings is 2. The van der Waals surface area contributed by atoms with E-state index in [1.807, 2.05) is 0 Å². The Labute approximate surface area is 229 Å². The van der Waals surface area contributed by atoms with Crippen LogP contribution in [0.2, 0.25) is 0 Å². The molecule has 0 spiro atoms. The van der Waals surface area contributed by atoms with Gasteiger partial charge in [-0.25, -0.2) is 24.0 Å². The summed E-state index contributed by atoms with van der Waals surface area (Å²) in [5.41, 5.74) is 1.37. The third-order valence-electron chi connectivity index (χ3n) is 3.78. The first-order chi connectivity index (χ1) is 18.8. The third-order valence-corrected chi connectivity index (χ3v) is 3.78. The van der Waals surface area contributed by atoms with Crippen molar-refractivity contribution >= 4 is 41.9 Å². The monoisotopic (exact) mass is 556 g/mol. The lowest BCUT2D eigenvalue weighted by molar-refractivity contribution is -0.142. The summed E-state index contributed by atoms with van der Waals surface area (Å²) in [7, 11) is 0. The molecule has 0 saturated heterocycles. The molecule has 0 aliphatic heterocycles. The molecule has 4 N–H and O–H groups in total. The maximum atomic E-state index is 10.7. The van der Waals surface area contributed by atoms with Gasteiger partial charge in [0.15, 0.2) is 0 Å². The van der Waals surface area contributed by atoms with E-state index in [0.717, 1.165) is 23.8 Å². The Morgan fingerprint density at radius 3 is 1.40 bits per heavy atom. The number of carbonyl (C=O) groups excluding carboxylic acids is 2. The lowest BCUT2D eigenvalue weighted by Gasteiger charge is -2.00. The number of carboxylic acids is 4. The van der Waals surface area contributed by atoms with Gasteiger partial charge in [0.25, 0.3) is 0 Å². The first-order valence-corrected chi connectivity index (χ1v) is 10.8. The molecule has 2 aromatic carbocycles. The first-order valence-electron chi connectivity index (χ1n) is 10.8. The Hall–Kier alpha value is -5.78. The summed E-state index contributed by atoms with van der Waals surface area (Å²) < 4.78 is 9.11. The number of rotatable bonds is 10. The molecule has 12 nitrogen and oxygen atoms in total. The zero-order valence-corrected chi connectivity index (χ0v) is 21.2. The number of aliphatic carboxylic acids is 2. The van der Waals surface area contributed by atoms with Crippen molar-refractivity contribution in [1.29, 1.82) is 0 Å². The summed E-state index contributed by atoms with van der Waals surface area (Å²) in [4.78, 5) is 60.9. The van der Waals surface area contributed by atoms with E-state index in [4.69, 9.17) is 25.2 Å². The average Bonchev–Trinajstić information content (AvgIpc) is 2.93. The van der Waals surface area contributed by atoms with Gasteiger partial charge in [0.05, 0.1) is 17.5 Å². The van der Waals surface area contributed by atoms with Gasteiger partial charge < -0.3 is 29.9 Å². The van der Waals surface area contributed by atoms with Gasteiger partial charge in [-0.1, -0.05) is 44.5 Å². The molecule has 0 radical (unpaired) electrons. The smallest absolute Gasteiger partial charge is 0.335 e. The second-order valence-corrected chi connectivity index (χ2v) is 6.64. The fourth-order valence-electron chi connectivity index (χ4n) is 1.88. The quantitative estimate of drug-likeness (QED) is 0.187. The zero-order chi connectivity index (χ0) is 31.1. The Kier molecular flexibility index (Phi) is 19.4. The van der Waals surface area contributed by atoms with E-state index in [0.29, 0.717) is 11.3 Å². The van der Waals surface area contributed by atoms with Gasteiger partial charge in [-0.05, 0) is 42.0 Å². The average molecular weight is 557 g/mol. The number of aromatic carboxylic acids is 2. The normalized spacial score (nSPS) is 8.60. The topological polar surface area (TPSA) is 202 Å². The van der Waals surface area contributed by atoms with Crippen LogP contribution in [0, 0.1) is 0 Å². The minimum atomic E-state index is -1.02. The fourth-order valence-corrected chi connectivity index (χ4v) is 1.88. The number of carbonyl (C=O) groups is 6. The largest absolute Gasteiger partial charge is 0.481 e. The van der Waals surface area contributed by atoms with Gasteiger partial charge in [0.1, 0.15) is 12.4 Å². The van der Waals surface area contributed by atoms with Crippen LogP contribution in [0.4, 0.5) is 0 Å². The molecule has 0 saturated carbocycles. The lowest BCUT2D eigenvalue weighted by atomic mass is 10.1. The minimum Gasteiger partial charge on any atom is -0.481 e. The van der Waals surface area contributed by atoms with Crippen molar-refractivity contribution in [2.75, 3.05) is 6.61 Å². The maximum Gasteiger partial charge on any atom is 0.335 e. The van der Waals surface area contributed by atoms with E-state index in [1.54, 1.807) is 30.3 Å². The maximum absolute atomic E-state index is 10.7. The number of esters is 2. The van der Waals surface area contributed by atoms with Crippen LogP contribution in [0.3, 0.4) is 0 Å². The fraction of sp³-hybridized carbons (Fsp3) is 0.0714. The minimum absolute atomic E-state index is 0.0970. The van der Waals surface area contributed by atoms with Gasteiger partial charge in [0, 0.05) is 18.2 Å². The van der Waals surface area contributed by atoms with Crippen LogP contribution in [0.25, 0.3) is 6.08 Å². The van der Waals surface area contributed by atoms with E-state index in [9.17, 15) is 28.8 Å². The molecule has 0 atom stereocenters. The number of hydrogen-bond donors (Lipinski definition) is 4. The highest BCUT2D eigenvalue weighted by atomic mass is 16.5. The molecule has 212 valence electrons. The molecular formula is C28H28O12. The van der Waals surface area contributed by atoms with Crippen molar-refractivity contribution < 1.29 is 58.7 Å². The van der Waals surface area contributed by atoms with Gasteiger partial charge in [-0.15, -0.1) is 0 Å². The molecule has 0 fully saturated rings. The van der Waals surface area contributed by atoms with Crippen LogP contribution in [0.1, 0.15) is 32.7 Å². The lowest BCUT2D eigenvalue weighted by Crippen LogP contribution is -2.06. The van der Waals surface area contributed by atoms with Crippen molar-refractivity contribution in [1.82, 2.24) is 0 Å². The van der Waals surface area contributed by atoms with E-state index in [2.05, 4.69) is 31.1 Å². The second kappa shape index (κ2) is 21.3. The zero-order valence-electron chi connectivity index (χ0n) is 21.2. The number of ether oxygens (including phenoxy) is 2. The van der Waals surface area contributed by atoms with Crippen LogP contribution < -0.4 is 4.74 Å². The molecule has 0 aliphatic carbocycles. The SMILES string of the molecule is C=CC(=O)O.C=CC(=O)OCCC(=O)O.C=CC(=O)Oc1ccc(C(=O)O)cc1.C=Cc1ccc(C(=O)O)cc1. The van der Waals surface area contributed by atoms with Gasteiger partial charge in [-0.3, -0.25) is 4.79 Å². The molecule has 2 aromatic rings. The van der Waals surface area contributed by atoms with Gasteiger partial charge in [-0.2, -0.15) is 0 Å². The number of carboxylic acid groups (broad SMARTS) is 4. The highest BCUT2D eigenvalue weighted by Gasteiger charge is 2.04. The Balaban J connectivity index is 0. The summed E-state index contributed by atoms with van der Waals surface area (Å²) in [5.74, 6) is -4.77. The van der Waals surface area contributed by atoms with Crippen LogP contribution >= 0.6 is 0 Å². The summed E-state index contributed by atoms with van der Waals surface area (Å²) in [6, 6.07) is 12.1. The van der Waals surface area contributed by atoms with Gasteiger partial charge in [0.2, 0.25) is 0 Å². The molecule has 0 bridgehead atoms. The Morgan fingerprint density at radius 1 is 0.650 bits per heavy atom. The number of hydrogen-bond acceptors (Lipinski definition) is 8. The first kappa shape index (κ1) is 36.4. The van der Waals surface area contributed by atoms with Gasteiger partial charge >= 0.3 is 35.8 Å².